The van der Waals surface area contributed by atoms with Gasteiger partial charge in [-0.1, -0.05) is 6.42 Å². The third kappa shape index (κ3) is 6.80. The summed E-state index contributed by atoms with van der Waals surface area (Å²) in [4.78, 5) is 4.82. The number of aromatic nitrogens is 3. The number of nitrogens with one attached hydrogen (secondary N) is 2. The van der Waals surface area contributed by atoms with Crippen molar-refractivity contribution >= 4 is 41.7 Å². The third-order valence-corrected chi connectivity index (χ3v) is 6.79. The zero-order chi connectivity index (χ0) is 18.2. The zero-order valence-corrected chi connectivity index (χ0v) is 19.9. The van der Waals surface area contributed by atoms with Gasteiger partial charge in [-0.2, -0.15) is 11.8 Å². The fourth-order valence-corrected chi connectivity index (χ4v) is 4.96. The van der Waals surface area contributed by atoms with Crippen molar-refractivity contribution in [1.29, 1.82) is 0 Å². The molecule has 0 amide bonds. The second-order valence-corrected chi connectivity index (χ2v) is 9.30. The molecule has 0 spiro atoms. The first-order valence-electron chi connectivity index (χ1n) is 10.3. The number of halogens is 1. The SMILES string of the molecule is CCNC(=NCC1(C)CCCS1)NCCCc1nnc2n1CCCCC2.I. The molecule has 1 aromatic heterocycles. The Kier molecular flexibility index (Phi) is 9.69. The van der Waals surface area contributed by atoms with E-state index in [1.165, 1.54) is 43.7 Å². The van der Waals surface area contributed by atoms with E-state index in [9.17, 15) is 0 Å². The van der Waals surface area contributed by atoms with Crippen LogP contribution in [0.5, 0.6) is 0 Å². The van der Waals surface area contributed by atoms with Gasteiger partial charge in [-0.25, -0.2) is 0 Å². The highest BCUT2D eigenvalue weighted by molar-refractivity contribution is 14.0. The maximum atomic E-state index is 4.82. The summed E-state index contributed by atoms with van der Waals surface area (Å²) in [6.45, 7) is 8.25. The lowest BCUT2D eigenvalue weighted by Gasteiger charge is -2.21. The van der Waals surface area contributed by atoms with E-state index in [1.54, 1.807) is 0 Å². The molecule has 154 valence electrons. The van der Waals surface area contributed by atoms with E-state index >= 15 is 0 Å². The van der Waals surface area contributed by atoms with Crippen LogP contribution < -0.4 is 10.6 Å². The topological polar surface area (TPSA) is 67.1 Å². The van der Waals surface area contributed by atoms with Gasteiger partial charge in [0, 0.05) is 37.2 Å². The summed E-state index contributed by atoms with van der Waals surface area (Å²) in [6, 6.07) is 0. The maximum Gasteiger partial charge on any atom is 0.191 e. The van der Waals surface area contributed by atoms with E-state index in [0.717, 1.165) is 57.2 Å². The highest BCUT2D eigenvalue weighted by Gasteiger charge is 2.29. The van der Waals surface area contributed by atoms with E-state index in [-0.39, 0.29) is 24.0 Å². The number of thioether (sulfide) groups is 1. The molecule has 0 saturated carbocycles. The Bertz CT molecular complexity index is 597. The lowest BCUT2D eigenvalue weighted by atomic mass is 10.1. The first-order valence-corrected chi connectivity index (χ1v) is 11.3. The summed E-state index contributed by atoms with van der Waals surface area (Å²) >= 11 is 2.07. The van der Waals surface area contributed by atoms with Crippen molar-refractivity contribution in [3.05, 3.63) is 11.6 Å². The molecule has 0 aliphatic carbocycles. The van der Waals surface area contributed by atoms with E-state index in [1.807, 2.05) is 0 Å². The smallest absolute Gasteiger partial charge is 0.191 e. The number of hydrogen-bond acceptors (Lipinski definition) is 4. The van der Waals surface area contributed by atoms with Crippen molar-refractivity contribution < 1.29 is 0 Å². The molecule has 3 rings (SSSR count). The molecule has 1 saturated heterocycles. The van der Waals surface area contributed by atoms with Crippen LogP contribution in [0.4, 0.5) is 0 Å². The van der Waals surface area contributed by atoms with Crippen LogP contribution in [-0.4, -0.2) is 50.9 Å². The Morgan fingerprint density at radius 2 is 2.11 bits per heavy atom. The molecule has 6 nitrogen and oxygen atoms in total. The van der Waals surface area contributed by atoms with Gasteiger partial charge in [0.25, 0.3) is 0 Å². The molecule has 1 aromatic rings. The molecule has 2 aliphatic rings. The van der Waals surface area contributed by atoms with Crippen LogP contribution in [0.25, 0.3) is 0 Å². The average Bonchev–Trinajstić information content (AvgIpc) is 3.16. The molecule has 0 radical (unpaired) electrons. The van der Waals surface area contributed by atoms with Crippen LogP contribution in [0.15, 0.2) is 4.99 Å². The first kappa shape index (κ1) is 22.8. The summed E-state index contributed by atoms with van der Waals surface area (Å²) in [7, 11) is 0. The van der Waals surface area contributed by atoms with Gasteiger partial charge in [0.05, 0.1) is 6.54 Å². The summed E-state index contributed by atoms with van der Waals surface area (Å²) in [5, 5.41) is 15.7. The minimum absolute atomic E-state index is 0. The van der Waals surface area contributed by atoms with Crippen molar-refractivity contribution in [2.24, 2.45) is 4.99 Å². The minimum Gasteiger partial charge on any atom is -0.357 e. The lowest BCUT2D eigenvalue weighted by molar-refractivity contribution is 0.592. The van der Waals surface area contributed by atoms with Gasteiger partial charge in [-0.3, -0.25) is 4.99 Å². The zero-order valence-electron chi connectivity index (χ0n) is 16.8. The fraction of sp³-hybridized carbons (Fsp3) is 0.842. The predicted molar refractivity (Wildman–Crippen MR) is 125 cm³/mol. The largest absolute Gasteiger partial charge is 0.357 e. The molecule has 8 heteroatoms. The van der Waals surface area contributed by atoms with Crippen LogP contribution >= 0.6 is 35.7 Å². The number of nitrogens with zero attached hydrogens (tertiary/aromatic N) is 4. The molecular weight excluding hydrogens is 471 g/mol. The third-order valence-electron chi connectivity index (χ3n) is 5.27. The molecule has 0 bridgehead atoms. The van der Waals surface area contributed by atoms with E-state index in [0.29, 0.717) is 4.75 Å². The van der Waals surface area contributed by atoms with Crippen molar-refractivity contribution in [3.8, 4) is 0 Å². The fourth-order valence-electron chi connectivity index (χ4n) is 3.73. The van der Waals surface area contributed by atoms with E-state index < -0.39 is 0 Å². The number of rotatable bonds is 7. The summed E-state index contributed by atoms with van der Waals surface area (Å²) in [6.07, 6.45) is 9.52. The van der Waals surface area contributed by atoms with Crippen molar-refractivity contribution in [2.45, 2.75) is 76.5 Å². The molecule has 0 aromatic carbocycles. The van der Waals surface area contributed by atoms with Crippen LogP contribution in [0, 0.1) is 0 Å². The summed E-state index contributed by atoms with van der Waals surface area (Å²) in [5.74, 6) is 4.56. The van der Waals surface area contributed by atoms with Gasteiger partial charge in [0.15, 0.2) is 5.96 Å². The van der Waals surface area contributed by atoms with Crippen LogP contribution in [0.1, 0.15) is 64.0 Å². The van der Waals surface area contributed by atoms with Gasteiger partial charge in [-0.15, -0.1) is 34.2 Å². The first-order chi connectivity index (χ1) is 12.7. The Labute approximate surface area is 185 Å². The lowest BCUT2D eigenvalue weighted by Crippen LogP contribution is -2.39. The minimum atomic E-state index is 0. The summed E-state index contributed by atoms with van der Waals surface area (Å²) < 4.78 is 2.67. The van der Waals surface area contributed by atoms with Gasteiger partial charge in [0.2, 0.25) is 0 Å². The molecule has 2 aliphatic heterocycles. The van der Waals surface area contributed by atoms with Crippen LogP contribution in [-0.2, 0) is 19.4 Å². The molecule has 1 fully saturated rings. The Morgan fingerprint density at radius 3 is 2.89 bits per heavy atom. The maximum absolute atomic E-state index is 4.82. The van der Waals surface area contributed by atoms with Crippen molar-refractivity contribution in [3.63, 3.8) is 0 Å². The standard InChI is InChI=1S/C19H34N6S.HI/c1-3-20-18(22-15-19(2)11-8-14-26-19)21-12-7-10-17-24-23-16-9-5-4-6-13-25(16)17;/h3-15H2,1-2H3,(H2,20,21,22);1H. The Morgan fingerprint density at radius 1 is 1.22 bits per heavy atom. The molecule has 27 heavy (non-hydrogen) atoms. The van der Waals surface area contributed by atoms with Gasteiger partial charge in [0.1, 0.15) is 11.6 Å². The monoisotopic (exact) mass is 506 g/mol. The molecule has 2 N–H and O–H groups in total. The second kappa shape index (κ2) is 11.5. The van der Waals surface area contributed by atoms with Crippen molar-refractivity contribution in [2.75, 3.05) is 25.4 Å². The molecular formula is C19H35IN6S. The number of aliphatic imine (C=N–C) groups is 1. The molecule has 1 unspecified atom stereocenters. The average molecular weight is 507 g/mol. The molecule has 3 heterocycles. The van der Waals surface area contributed by atoms with Gasteiger partial charge in [-0.05, 0) is 51.7 Å². The van der Waals surface area contributed by atoms with Crippen LogP contribution in [0.2, 0.25) is 0 Å². The normalized spacial score (nSPS) is 22.7. The number of fused-ring (bicyclic) bond motifs is 1. The van der Waals surface area contributed by atoms with E-state index in [4.69, 9.17) is 4.99 Å². The van der Waals surface area contributed by atoms with Gasteiger partial charge >= 0.3 is 0 Å². The van der Waals surface area contributed by atoms with Crippen molar-refractivity contribution in [1.82, 2.24) is 25.4 Å². The highest BCUT2D eigenvalue weighted by Crippen LogP contribution is 2.37. The Hall–Kier alpha value is -0.510. The number of guanidine groups is 1. The van der Waals surface area contributed by atoms with Gasteiger partial charge < -0.3 is 15.2 Å². The quantitative estimate of drug-likeness (QED) is 0.257. The van der Waals surface area contributed by atoms with Crippen LogP contribution in [0.3, 0.4) is 0 Å². The number of aryl methyl sites for hydroxylation is 2. The Balaban J connectivity index is 0.00000261. The van der Waals surface area contributed by atoms with E-state index in [2.05, 4.69) is 51.0 Å². The molecule has 1 atom stereocenters. The highest BCUT2D eigenvalue weighted by atomic mass is 127. The summed E-state index contributed by atoms with van der Waals surface area (Å²) in [5.41, 5.74) is 0. The second-order valence-electron chi connectivity index (χ2n) is 7.62. The predicted octanol–water partition coefficient (Wildman–Crippen LogP) is 3.40. The number of hydrogen-bond donors (Lipinski definition) is 2.